The molecule has 34 heavy (non-hydrogen) atoms. The lowest BCUT2D eigenvalue weighted by Gasteiger charge is -2.25. The van der Waals surface area contributed by atoms with Crippen molar-refractivity contribution in [2.24, 2.45) is 10.2 Å². The number of hydrogen-bond donors (Lipinski definition) is 3. The number of hydrogen-bond acceptors (Lipinski definition) is 9. The van der Waals surface area contributed by atoms with Crippen LogP contribution >= 0.6 is 11.8 Å². The molecule has 0 radical (unpaired) electrons. The van der Waals surface area contributed by atoms with Crippen molar-refractivity contribution in [2.75, 3.05) is 34.8 Å². The van der Waals surface area contributed by atoms with E-state index in [-0.39, 0.29) is 17.0 Å². The Balaban J connectivity index is 1.58. The van der Waals surface area contributed by atoms with Gasteiger partial charge in [0.25, 0.3) is 20.2 Å². The van der Waals surface area contributed by atoms with E-state index in [0.29, 0.717) is 44.5 Å². The van der Waals surface area contributed by atoms with E-state index >= 15 is 0 Å². The Morgan fingerprint density at radius 1 is 0.853 bits per heavy atom. The van der Waals surface area contributed by atoms with Gasteiger partial charge in [-0.05, 0) is 62.1 Å². The molecule has 13 heteroatoms. The van der Waals surface area contributed by atoms with E-state index in [1.54, 1.807) is 11.8 Å². The summed E-state index contributed by atoms with van der Waals surface area (Å²) in [5, 5.41) is 11.9. The predicted octanol–water partition coefficient (Wildman–Crippen LogP) is 4.41. The van der Waals surface area contributed by atoms with Crippen molar-refractivity contribution in [1.29, 1.82) is 0 Å². The van der Waals surface area contributed by atoms with Gasteiger partial charge in [-0.1, -0.05) is 23.9 Å². The van der Waals surface area contributed by atoms with Gasteiger partial charge in [-0.25, -0.2) is 0 Å². The highest BCUT2D eigenvalue weighted by atomic mass is 32.2. The number of nitrogens with zero attached hydrogens (tertiary/aromatic N) is 3. The van der Waals surface area contributed by atoms with Crippen LogP contribution in [-0.4, -0.2) is 56.0 Å². The van der Waals surface area contributed by atoms with Crippen molar-refractivity contribution in [2.45, 2.75) is 36.1 Å². The van der Waals surface area contributed by atoms with Crippen molar-refractivity contribution < 1.29 is 25.9 Å². The number of azo groups is 1. The van der Waals surface area contributed by atoms with Gasteiger partial charge in [0.15, 0.2) is 5.50 Å². The van der Waals surface area contributed by atoms with Crippen molar-refractivity contribution in [1.82, 2.24) is 0 Å². The van der Waals surface area contributed by atoms with Crippen LogP contribution in [0.3, 0.4) is 0 Å². The molecule has 0 amide bonds. The third-order valence-electron chi connectivity index (χ3n) is 5.06. The maximum atomic E-state index is 10.9. The normalized spacial score (nSPS) is 15.9. The third kappa shape index (κ3) is 9.22. The van der Waals surface area contributed by atoms with Crippen LogP contribution in [0.5, 0.6) is 0 Å². The van der Waals surface area contributed by atoms with Crippen molar-refractivity contribution >= 4 is 49.1 Å². The van der Waals surface area contributed by atoms with Gasteiger partial charge in [0, 0.05) is 23.7 Å². The summed E-state index contributed by atoms with van der Waals surface area (Å²) in [5.41, 5.74) is 2.39. The van der Waals surface area contributed by atoms with Crippen LogP contribution in [0.4, 0.5) is 17.1 Å². The molecular formula is C21H28N4O6S3. The topological polar surface area (TPSA) is 149 Å². The summed E-state index contributed by atoms with van der Waals surface area (Å²) in [6, 6.07) is 15.4. The van der Waals surface area contributed by atoms with Crippen LogP contribution in [0.25, 0.3) is 0 Å². The Kier molecular flexibility index (Phi) is 9.31. The van der Waals surface area contributed by atoms with Crippen LogP contribution in [0.1, 0.15) is 25.7 Å². The summed E-state index contributed by atoms with van der Waals surface area (Å²) in [6.07, 6.45) is 1.68. The summed E-state index contributed by atoms with van der Waals surface area (Å²) in [4.78, 5) is 3.14. The zero-order chi connectivity index (χ0) is 24.6. The fourth-order valence-electron chi connectivity index (χ4n) is 3.42. The Labute approximate surface area is 204 Å². The van der Waals surface area contributed by atoms with Gasteiger partial charge >= 0.3 is 0 Å². The van der Waals surface area contributed by atoms with E-state index in [2.05, 4.69) is 15.5 Å². The van der Waals surface area contributed by atoms with E-state index in [1.807, 2.05) is 53.4 Å². The molecule has 0 bridgehead atoms. The van der Waals surface area contributed by atoms with E-state index in [1.165, 1.54) is 0 Å². The first-order valence-corrected chi connectivity index (χ1v) is 14.9. The molecule has 1 aliphatic heterocycles. The fourth-order valence-corrected chi connectivity index (χ4v) is 5.49. The van der Waals surface area contributed by atoms with Gasteiger partial charge in [0.1, 0.15) is 0 Å². The molecule has 3 N–H and O–H groups in total. The molecule has 1 atom stereocenters. The minimum absolute atomic E-state index is 0.195. The molecule has 0 spiro atoms. The van der Waals surface area contributed by atoms with Crippen LogP contribution in [-0.2, 0) is 20.2 Å². The molecular weight excluding hydrogens is 500 g/mol. The largest absolute Gasteiger partial charge is 0.372 e. The van der Waals surface area contributed by atoms with Crippen LogP contribution in [0, 0.1) is 0 Å². The van der Waals surface area contributed by atoms with Crippen LogP contribution in [0.2, 0.25) is 0 Å². The van der Waals surface area contributed by atoms with E-state index in [9.17, 15) is 16.8 Å². The number of rotatable bonds is 13. The monoisotopic (exact) mass is 528 g/mol. The van der Waals surface area contributed by atoms with Gasteiger partial charge in [-0.2, -0.15) is 27.1 Å². The zero-order valence-electron chi connectivity index (χ0n) is 18.4. The summed E-state index contributed by atoms with van der Waals surface area (Å²) in [6.45, 7) is 1.06. The molecule has 0 aromatic heterocycles. The molecule has 1 heterocycles. The Bertz CT molecular complexity index is 1120. The van der Waals surface area contributed by atoms with Crippen molar-refractivity contribution in [3.8, 4) is 0 Å². The maximum absolute atomic E-state index is 10.9. The molecule has 0 fully saturated rings. The minimum Gasteiger partial charge on any atom is -0.372 e. The number of fused-ring (bicyclic) bond motifs is 1. The number of para-hydroxylation sites is 1. The number of benzene rings is 2. The average Bonchev–Trinajstić information content (AvgIpc) is 3.19. The van der Waals surface area contributed by atoms with Gasteiger partial charge in [-0.3, -0.25) is 9.11 Å². The highest BCUT2D eigenvalue weighted by Crippen LogP contribution is 2.38. The molecule has 0 aliphatic carbocycles. The summed E-state index contributed by atoms with van der Waals surface area (Å²) in [5.74, 6) is -0.611. The highest BCUT2D eigenvalue weighted by Gasteiger charge is 2.20. The second-order valence-electron chi connectivity index (χ2n) is 7.82. The second kappa shape index (κ2) is 12.0. The standard InChI is InChI=1S/C21H28N4O6S3/c26-33(27,28)15-5-3-13-25(14-4-6-16-34(29,30)31)18-11-9-17(10-12-18)23-24-21-22-19-7-1-2-8-20(19)32-21/h1-2,7-12,21-22H,3-6,13-16H2,(H,26,27,28)(H,29,30,31). The molecule has 2 aromatic carbocycles. The number of thioether (sulfide) groups is 1. The fraction of sp³-hybridized carbons (Fsp3) is 0.429. The van der Waals surface area contributed by atoms with E-state index < -0.39 is 20.2 Å². The smallest absolute Gasteiger partial charge is 0.264 e. The first-order valence-electron chi connectivity index (χ1n) is 10.8. The molecule has 186 valence electrons. The van der Waals surface area contributed by atoms with E-state index in [4.69, 9.17) is 9.11 Å². The van der Waals surface area contributed by atoms with Crippen LogP contribution < -0.4 is 10.2 Å². The van der Waals surface area contributed by atoms with Gasteiger partial charge in [0.05, 0.1) is 22.9 Å². The summed E-state index contributed by atoms with van der Waals surface area (Å²) in [7, 11) is -8.01. The SMILES string of the molecule is O=S(=O)(O)CCCCN(CCCCS(=O)(=O)O)c1ccc(N=NC2Nc3ccccc3S2)cc1. The Morgan fingerprint density at radius 2 is 1.44 bits per heavy atom. The van der Waals surface area contributed by atoms with E-state index in [0.717, 1.165) is 16.3 Å². The first kappa shape index (κ1) is 26.4. The van der Waals surface area contributed by atoms with Crippen molar-refractivity contribution in [3.05, 3.63) is 48.5 Å². The zero-order valence-corrected chi connectivity index (χ0v) is 20.9. The number of anilines is 2. The molecule has 10 nitrogen and oxygen atoms in total. The number of nitrogens with one attached hydrogen (secondary N) is 1. The molecule has 0 saturated carbocycles. The average molecular weight is 529 g/mol. The lowest BCUT2D eigenvalue weighted by atomic mass is 10.2. The van der Waals surface area contributed by atoms with Gasteiger partial charge in [0.2, 0.25) is 0 Å². The molecule has 3 rings (SSSR count). The molecule has 2 aromatic rings. The molecule has 1 unspecified atom stereocenters. The van der Waals surface area contributed by atoms with Gasteiger partial charge < -0.3 is 10.2 Å². The number of unbranched alkanes of at least 4 members (excludes halogenated alkanes) is 2. The Hall–Kier alpha value is -2.19. The lowest BCUT2D eigenvalue weighted by molar-refractivity contribution is 0.478. The van der Waals surface area contributed by atoms with Crippen molar-refractivity contribution in [3.63, 3.8) is 0 Å². The quantitative estimate of drug-likeness (QED) is 0.195. The Morgan fingerprint density at radius 3 is 2.00 bits per heavy atom. The maximum Gasteiger partial charge on any atom is 0.264 e. The predicted molar refractivity (Wildman–Crippen MR) is 134 cm³/mol. The minimum atomic E-state index is -4.00. The molecule has 1 aliphatic rings. The summed E-state index contributed by atoms with van der Waals surface area (Å²) >= 11 is 1.59. The lowest BCUT2D eigenvalue weighted by Crippen LogP contribution is -2.26. The summed E-state index contributed by atoms with van der Waals surface area (Å²) < 4.78 is 61.6. The third-order valence-corrected chi connectivity index (χ3v) is 7.71. The molecule has 0 saturated heterocycles. The first-order chi connectivity index (χ1) is 16.1. The highest BCUT2D eigenvalue weighted by molar-refractivity contribution is 8.00. The van der Waals surface area contributed by atoms with Gasteiger partial charge in [-0.15, -0.1) is 0 Å². The second-order valence-corrected chi connectivity index (χ2v) is 12.1. The van der Waals surface area contributed by atoms with Crippen LogP contribution in [0.15, 0.2) is 63.7 Å².